The summed E-state index contributed by atoms with van der Waals surface area (Å²) in [4.78, 5) is 13.6. The van der Waals surface area contributed by atoms with Crippen molar-refractivity contribution in [3.8, 4) is 17.6 Å². The molecule has 1 heterocycles. The van der Waals surface area contributed by atoms with Crippen LogP contribution in [0.3, 0.4) is 0 Å². The number of carboxylic acid groups (broad SMARTS) is 1. The molecule has 0 aliphatic carbocycles. The summed E-state index contributed by atoms with van der Waals surface area (Å²) in [5, 5.41) is 9.11. The minimum Gasteiger partial charge on any atom is -0.489 e. The second-order valence-corrected chi connectivity index (χ2v) is 8.81. The van der Waals surface area contributed by atoms with Crippen molar-refractivity contribution in [1.82, 2.24) is 4.90 Å². The molecule has 0 radical (unpaired) electrons. The Hall–Kier alpha value is -3.55. The molecule has 1 N–H and O–H groups in total. The van der Waals surface area contributed by atoms with Gasteiger partial charge in [0.1, 0.15) is 12.4 Å². The van der Waals surface area contributed by atoms with Crippen molar-refractivity contribution in [2.45, 2.75) is 51.8 Å². The quantitative estimate of drug-likeness (QED) is 0.427. The monoisotopic (exact) mass is 453 g/mol. The van der Waals surface area contributed by atoms with Crippen molar-refractivity contribution in [3.05, 3.63) is 101 Å². The molecule has 3 aromatic rings. The van der Waals surface area contributed by atoms with Crippen LogP contribution in [0.2, 0.25) is 0 Å². The van der Waals surface area contributed by atoms with E-state index in [-0.39, 0.29) is 12.3 Å². The van der Waals surface area contributed by atoms with Crippen LogP contribution in [0.1, 0.15) is 60.0 Å². The largest absolute Gasteiger partial charge is 0.489 e. The van der Waals surface area contributed by atoms with Crippen LogP contribution < -0.4 is 4.74 Å². The molecular formula is C30H31NO3. The zero-order valence-corrected chi connectivity index (χ0v) is 19.8. The number of carbonyl (C=O) groups is 1. The van der Waals surface area contributed by atoms with Gasteiger partial charge in [-0.05, 0) is 60.2 Å². The normalized spacial score (nSPS) is 14.9. The van der Waals surface area contributed by atoms with Crippen LogP contribution in [0.4, 0.5) is 0 Å². The lowest BCUT2D eigenvalue weighted by atomic mass is 9.96. The number of hydrogen-bond acceptors (Lipinski definition) is 3. The highest BCUT2D eigenvalue weighted by Gasteiger charge is 2.21. The van der Waals surface area contributed by atoms with Gasteiger partial charge in [0.05, 0.1) is 12.3 Å². The van der Waals surface area contributed by atoms with Gasteiger partial charge in [-0.25, -0.2) is 0 Å². The molecule has 0 fully saturated rings. The number of aliphatic carboxylic acids is 1. The van der Waals surface area contributed by atoms with Gasteiger partial charge in [-0.1, -0.05) is 66.6 Å². The lowest BCUT2D eigenvalue weighted by Crippen LogP contribution is -2.32. The van der Waals surface area contributed by atoms with E-state index < -0.39 is 5.97 Å². The highest BCUT2D eigenvalue weighted by Crippen LogP contribution is 2.28. The number of fused-ring (bicyclic) bond motifs is 1. The first kappa shape index (κ1) is 23.6. The summed E-state index contributed by atoms with van der Waals surface area (Å²) >= 11 is 0. The van der Waals surface area contributed by atoms with Crippen molar-refractivity contribution in [2.75, 3.05) is 6.54 Å². The SMILES string of the molecule is CC#CC(CC(=O)O)c1ccc(OCc2ccc(C(C)N3CCc4ccccc4C3)cc2)cc1. The van der Waals surface area contributed by atoms with E-state index in [1.54, 1.807) is 6.92 Å². The van der Waals surface area contributed by atoms with Crippen LogP contribution in [0.5, 0.6) is 5.75 Å². The van der Waals surface area contributed by atoms with Gasteiger partial charge in [-0.15, -0.1) is 5.92 Å². The molecule has 2 unspecified atom stereocenters. The van der Waals surface area contributed by atoms with Crippen molar-refractivity contribution < 1.29 is 14.6 Å². The number of carboxylic acids is 1. The van der Waals surface area contributed by atoms with Crippen LogP contribution in [0.15, 0.2) is 72.8 Å². The van der Waals surface area contributed by atoms with Gasteiger partial charge in [-0.3, -0.25) is 9.69 Å². The molecule has 0 amide bonds. The van der Waals surface area contributed by atoms with E-state index >= 15 is 0 Å². The van der Waals surface area contributed by atoms with Crippen molar-refractivity contribution in [1.29, 1.82) is 0 Å². The summed E-state index contributed by atoms with van der Waals surface area (Å²) < 4.78 is 5.96. The number of hydrogen-bond donors (Lipinski definition) is 1. The first-order valence-corrected chi connectivity index (χ1v) is 11.8. The molecule has 4 nitrogen and oxygen atoms in total. The summed E-state index contributed by atoms with van der Waals surface area (Å²) in [5.74, 6) is 5.40. The molecule has 4 rings (SSSR count). The Morgan fingerprint density at radius 1 is 1.00 bits per heavy atom. The Labute approximate surface area is 202 Å². The molecular weight excluding hydrogens is 422 g/mol. The molecule has 1 aliphatic heterocycles. The lowest BCUT2D eigenvalue weighted by molar-refractivity contribution is -0.137. The minimum atomic E-state index is -0.851. The smallest absolute Gasteiger partial charge is 0.304 e. The molecule has 0 spiro atoms. The van der Waals surface area contributed by atoms with Crippen LogP contribution in [0, 0.1) is 11.8 Å². The molecule has 2 atom stereocenters. The summed E-state index contributed by atoms with van der Waals surface area (Å²) in [7, 11) is 0. The van der Waals surface area contributed by atoms with E-state index in [0.717, 1.165) is 36.4 Å². The highest BCUT2D eigenvalue weighted by molar-refractivity contribution is 5.69. The van der Waals surface area contributed by atoms with Crippen molar-refractivity contribution in [3.63, 3.8) is 0 Å². The van der Waals surface area contributed by atoms with Crippen LogP contribution >= 0.6 is 0 Å². The second-order valence-electron chi connectivity index (χ2n) is 8.81. The third-order valence-corrected chi connectivity index (χ3v) is 6.56. The fraction of sp³-hybridized carbons (Fsp3) is 0.300. The molecule has 3 aromatic carbocycles. The maximum atomic E-state index is 11.1. The second kappa shape index (κ2) is 11.0. The topological polar surface area (TPSA) is 49.8 Å². The van der Waals surface area contributed by atoms with Crippen molar-refractivity contribution in [2.24, 2.45) is 0 Å². The molecule has 0 aromatic heterocycles. The number of ether oxygens (including phenoxy) is 1. The highest BCUT2D eigenvalue weighted by atomic mass is 16.5. The Bertz CT molecular complexity index is 1170. The minimum absolute atomic E-state index is 0.00421. The van der Waals surface area contributed by atoms with E-state index in [4.69, 9.17) is 9.84 Å². The van der Waals surface area contributed by atoms with E-state index in [1.807, 2.05) is 24.3 Å². The maximum absolute atomic E-state index is 11.1. The van der Waals surface area contributed by atoms with Gasteiger partial charge in [-0.2, -0.15) is 0 Å². The van der Waals surface area contributed by atoms with Gasteiger partial charge in [0.2, 0.25) is 0 Å². The molecule has 0 saturated heterocycles. The van der Waals surface area contributed by atoms with Gasteiger partial charge >= 0.3 is 5.97 Å². The predicted molar refractivity (Wildman–Crippen MR) is 135 cm³/mol. The first-order chi connectivity index (χ1) is 16.5. The summed E-state index contributed by atoms with van der Waals surface area (Å²) in [6.45, 7) is 6.56. The summed E-state index contributed by atoms with van der Waals surface area (Å²) in [5.41, 5.74) is 6.23. The molecule has 0 bridgehead atoms. The van der Waals surface area contributed by atoms with Gasteiger partial charge in [0.15, 0.2) is 0 Å². The molecule has 34 heavy (non-hydrogen) atoms. The average molecular weight is 454 g/mol. The Morgan fingerprint density at radius 2 is 1.68 bits per heavy atom. The van der Waals surface area contributed by atoms with E-state index in [0.29, 0.717) is 12.6 Å². The van der Waals surface area contributed by atoms with E-state index in [2.05, 4.69) is 72.2 Å². The standard InChI is InChI=1S/C30H31NO3/c1-3-6-27(19-30(32)33)26-13-15-29(16-14-26)34-21-23-9-11-24(12-10-23)22(2)31-18-17-25-7-4-5-8-28(25)20-31/h4-5,7-16,22,27H,17-21H2,1-2H3,(H,32,33). The number of nitrogens with zero attached hydrogens (tertiary/aromatic N) is 1. The van der Waals surface area contributed by atoms with Crippen LogP contribution in [-0.2, 0) is 24.4 Å². The van der Waals surface area contributed by atoms with E-state index in [9.17, 15) is 4.79 Å². The zero-order valence-electron chi connectivity index (χ0n) is 19.8. The Balaban J connectivity index is 1.33. The molecule has 1 aliphatic rings. The number of rotatable bonds is 8. The lowest BCUT2D eigenvalue weighted by Gasteiger charge is -2.34. The first-order valence-electron chi connectivity index (χ1n) is 11.8. The average Bonchev–Trinajstić information content (AvgIpc) is 2.87. The van der Waals surface area contributed by atoms with E-state index in [1.165, 1.54) is 16.7 Å². The molecule has 174 valence electrons. The molecule has 0 saturated carbocycles. The molecule has 4 heteroatoms. The van der Waals surface area contributed by atoms with Crippen LogP contribution in [-0.4, -0.2) is 22.5 Å². The van der Waals surface area contributed by atoms with Gasteiger partial charge < -0.3 is 9.84 Å². The third kappa shape index (κ3) is 5.87. The number of benzene rings is 3. The van der Waals surface area contributed by atoms with Crippen molar-refractivity contribution >= 4 is 5.97 Å². The maximum Gasteiger partial charge on any atom is 0.304 e. The Kier molecular flexibility index (Phi) is 7.67. The predicted octanol–water partition coefficient (Wildman–Crippen LogP) is 5.97. The van der Waals surface area contributed by atoms with Crippen LogP contribution in [0.25, 0.3) is 0 Å². The fourth-order valence-electron chi connectivity index (χ4n) is 4.52. The summed E-state index contributed by atoms with van der Waals surface area (Å²) in [6, 6.07) is 25.3. The summed E-state index contributed by atoms with van der Waals surface area (Å²) in [6.07, 6.45) is 1.10. The fourth-order valence-corrected chi connectivity index (χ4v) is 4.52. The zero-order chi connectivity index (χ0) is 23.9. The Morgan fingerprint density at radius 3 is 2.35 bits per heavy atom. The van der Waals surface area contributed by atoms with Gasteiger partial charge in [0.25, 0.3) is 0 Å². The third-order valence-electron chi connectivity index (χ3n) is 6.56. The van der Waals surface area contributed by atoms with Gasteiger partial charge in [0, 0.05) is 19.1 Å².